The molecule has 4 rings (SSSR count). The van der Waals surface area contributed by atoms with Crippen LogP contribution in [0.1, 0.15) is 31.2 Å². The van der Waals surface area contributed by atoms with E-state index in [0.717, 1.165) is 47.5 Å². The Balaban J connectivity index is 1.40. The molecule has 4 atom stereocenters. The molecule has 2 N–H and O–H groups in total. The van der Waals surface area contributed by atoms with Crippen molar-refractivity contribution in [3.63, 3.8) is 0 Å². The number of rotatable bonds is 7. The van der Waals surface area contributed by atoms with E-state index in [1.165, 1.54) is 7.05 Å². The molecule has 35 heavy (non-hydrogen) atoms. The van der Waals surface area contributed by atoms with Gasteiger partial charge in [0, 0.05) is 31.2 Å². The molecule has 6 nitrogen and oxygen atoms in total. The number of sulfonamides is 1. The Bertz CT molecular complexity index is 1200. The predicted molar refractivity (Wildman–Crippen MR) is 121 cm³/mol. The maximum Gasteiger partial charge on any atom is 0.243 e. The third-order valence-corrected chi connectivity index (χ3v) is 8.91. The Hall–Kier alpha value is -2.50. The summed E-state index contributed by atoms with van der Waals surface area (Å²) in [6.45, 7) is -0.358. The van der Waals surface area contributed by atoms with Gasteiger partial charge in [-0.25, -0.2) is 26.0 Å². The molecule has 190 valence electrons. The molecule has 2 fully saturated rings. The minimum atomic E-state index is -3.97. The second-order valence-electron chi connectivity index (χ2n) is 9.36. The van der Waals surface area contributed by atoms with Gasteiger partial charge in [0.1, 0.15) is 11.6 Å². The first-order chi connectivity index (χ1) is 16.5. The number of halogens is 4. The van der Waals surface area contributed by atoms with E-state index in [2.05, 4.69) is 0 Å². The van der Waals surface area contributed by atoms with E-state index < -0.39 is 39.3 Å². The Morgan fingerprint density at radius 3 is 2.20 bits per heavy atom. The van der Waals surface area contributed by atoms with Crippen LogP contribution in [0.3, 0.4) is 0 Å². The van der Waals surface area contributed by atoms with Crippen LogP contribution >= 0.6 is 0 Å². The van der Waals surface area contributed by atoms with Crippen molar-refractivity contribution in [1.82, 2.24) is 9.21 Å². The lowest BCUT2D eigenvalue weighted by molar-refractivity contribution is -0.136. The molecule has 0 unspecified atom stereocenters. The van der Waals surface area contributed by atoms with Gasteiger partial charge in [-0.2, -0.15) is 4.31 Å². The van der Waals surface area contributed by atoms with Gasteiger partial charge in [0.15, 0.2) is 11.6 Å². The Morgan fingerprint density at radius 1 is 1.03 bits per heavy atom. The number of hydrogen-bond acceptors (Lipinski definition) is 4. The Labute approximate surface area is 201 Å². The second-order valence-corrected chi connectivity index (χ2v) is 11.4. The van der Waals surface area contributed by atoms with Crippen molar-refractivity contribution >= 4 is 15.9 Å². The number of nitrogens with two attached hydrogens (primary N) is 1. The fourth-order valence-corrected chi connectivity index (χ4v) is 6.38. The van der Waals surface area contributed by atoms with Gasteiger partial charge in [0.2, 0.25) is 15.9 Å². The predicted octanol–water partition coefficient (Wildman–Crippen LogP) is 3.20. The van der Waals surface area contributed by atoms with Crippen LogP contribution < -0.4 is 5.73 Å². The number of hydrogen-bond donors (Lipinski definition) is 1. The maximum atomic E-state index is 14.1. The van der Waals surface area contributed by atoms with Gasteiger partial charge in [0.25, 0.3) is 0 Å². The zero-order valence-electron chi connectivity index (χ0n) is 19.1. The lowest BCUT2D eigenvalue weighted by atomic mass is 9.82. The van der Waals surface area contributed by atoms with Gasteiger partial charge in [-0.3, -0.25) is 4.79 Å². The molecule has 2 aromatic rings. The Kier molecular flexibility index (Phi) is 7.21. The van der Waals surface area contributed by atoms with Crippen LogP contribution in [0.4, 0.5) is 17.6 Å². The van der Waals surface area contributed by atoms with Crippen LogP contribution in [-0.4, -0.2) is 55.2 Å². The second kappa shape index (κ2) is 9.87. The van der Waals surface area contributed by atoms with E-state index in [9.17, 15) is 30.8 Å². The fraction of sp³-hybridized carbons (Fsp3) is 0.458. The minimum absolute atomic E-state index is 0.00915. The van der Waals surface area contributed by atoms with Crippen molar-refractivity contribution in [2.24, 2.45) is 11.7 Å². The van der Waals surface area contributed by atoms with E-state index in [1.807, 2.05) is 0 Å². The van der Waals surface area contributed by atoms with Crippen LogP contribution in [0, 0.1) is 29.2 Å². The lowest BCUT2D eigenvalue weighted by Crippen LogP contribution is -2.52. The van der Waals surface area contributed by atoms with Crippen molar-refractivity contribution in [1.29, 1.82) is 0 Å². The number of piperidine rings is 1. The lowest BCUT2D eigenvalue weighted by Gasteiger charge is -2.41. The van der Waals surface area contributed by atoms with Crippen LogP contribution in [0.2, 0.25) is 0 Å². The summed E-state index contributed by atoms with van der Waals surface area (Å²) >= 11 is 0. The quantitative estimate of drug-likeness (QED) is 0.455. The number of likely N-dealkylation sites (N-methyl/N-ethyl adjacent to an activating group) is 1. The number of fused-ring (bicyclic) bond motifs is 2. The fourth-order valence-electron chi connectivity index (χ4n) is 5.26. The zero-order valence-corrected chi connectivity index (χ0v) is 19.9. The highest BCUT2D eigenvalue weighted by Gasteiger charge is 2.45. The van der Waals surface area contributed by atoms with Crippen LogP contribution in [-0.2, 0) is 21.2 Å². The van der Waals surface area contributed by atoms with Gasteiger partial charge in [-0.15, -0.1) is 0 Å². The van der Waals surface area contributed by atoms with Crippen molar-refractivity contribution in [3.8, 4) is 0 Å². The number of carbonyl (C=O) groups is 1. The summed E-state index contributed by atoms with van der Waals surface area (Å²) in [6, 6.07) is 4.97. The molecule has 0 saturated carbocycles. The smallest absolute Gasteiger partial charge is 0.243 e. The highest BCUT2D eigenvalue weighted by Crippen LogP contribution is 2.40. The molecule has 2 aliphatic heterocycles. The van der Waals surface area contributed by atoms with E-state index in [1.54, 1.807) is 4.90 Å². The molecular weight excluding hydrogens is 486 g/mol. The average molecular weight is 514 g/mol. The maximum absolute atomic E-state index is 14.1. The molecule has 0 spiro atoms. The van der Waals surface area contributed by atoms with Gasteiger partial charge in [-0.1, -0.05) is 0 Å². The summed E-state index contributed by atoms with van der Waals surface area (Å²) in [7, 11) is -2.66. The third-order valence-electron chi connectivity index (χ3n) is 7.09. The van der Waals surface area contributed by atoms with Gasteiger partial charge < -0.3 is 10.6 Å². The van der Waals surface area contributed by atoms with Crippen molar-refractivity contribution in [2.45, 2.75) is 55.1 Å². The summed E-state index contributed by atoms with van der Waals surface area (Å²) in [5.41, 5.74) is 6.33. The van der Waals surface area contributed by atoms with Crippen LogP contribution in [0.25, 0.3) is 0 Å². The number of carbonyl (C=O) groups excluding carboxylic acids is 1. The molecule has 0 aromatic heterocycles. The number of amides is 1. The first-order valence-electron chi connectivity index (χ1n) is 11.4. The number of nitrogens with zero attached hydrogens (tertiary/aromatic N) is 2. The SMILES string of the molecule is CN(CC(=O)N1[C@@H]2CC[C@H]1C[C@H]([C@H](N)Cc1cc(F)c(F)cc1F)C2)S(=O)(=O)c1ccc(F)cc1. The molecule has 0 radical (unpaired) electrons. The average Bonchev–Trinajstić information content (AvgIpc) is 3.07. The molecule has 2 bridgehead atoms. The van der Waals surface area contributed by atoms with E-state index in [-0.39, 0.29) is 47.3 Å². The topological polar surface area (TPSA) is 83.7 Å². The monoisotopic (exact) mass is 513 g/mol. The molecule has 0 aliphatic carbocycles. The third kappa shape index (κ3) is 5.22. The Morgan fingerprint density at radius 2 is 1.60 bits per heavy atom. The first kappa shape index (κ1) is 25.6. The largest absolute Gasteiger partial charge is 0.336 e. The molecular formula is C24H27F4N3O3S. The number of benzene rings is 2. The molecule has 1 amide bonds. The molecule has 11 heteroatoms. The molecule has 2 aliphatic rings. The highest BCUT2D eigenvalue weighted by molar-refractivity contribution is 7.89. The van der Waals surface area contributed by atoms with Gasteiger partial charge in [-0.05, 0) is 73.9 Å². The summed E-state index contributed by atoms with van der Waals surface area (Å²) in [6.07, 6.45) is 2.65. The highest BCUT2D eigenvalue weighted by atomic mass is 32.2. The van der Waals surface area contributed by atoms with E-state index in [4.69, 9.17) is 5.73 Å². The standard InChI is InChI=1S/C24H27F4N3O3S/c1-30(35(33,34)19-6-2-16(25)3-7-19)13-24(32)31-17-4-5-18(31)9-15(8-17)23(29)11-14-10-21(27)22(28)12-20(14)26/h2-3,6-7,10,12,15,17-18,23H,4-5,8-9,11,13,29H2,1H3/t15-,17-,18+,23-/m1/s1. The summed E-state index contributed by atoms with van der Waals surface area (Å²) < 4.78 is 80.5. The van der Waals surface area contributed by atoms with Gasteiger partial charge >= 0.3 is 0 Å². The summed E-state index contributed by atoms with van der Waals surface area (Å²) in [4.78, 5) is 14.7. The summed E-state index contributed by atoms with van der Waals surface area (Å²) in [5.74, 6) is -4.17. The van der Waals surface area contributed by atoms with E-state index >= 15 is 0 Å². The van der Waals surface area contributed by atoms with Crippen LogP contribution in [0.15, 0.2) is 41.3 Å². The van der Waals surface area contributed by atoms with Crippen molar-refractivity contribution in [3.05, 3.63) is 65.2 Å². The first-order valence-corrected chi connectivity index (χ1v) is 12.8. The van der Waals surface area contributed by atoms with Crippen LogP contribution in [0.5, 0.6) is 0 Å². The zero-order chi connectivity index (χ0) is 25.5. The van der Waals surface area contributed by atoms with Crippen molar-refractivity contribution < 1.29 is 30.8 Å². The summed E-state index contributed by atoms with van der Waals surface area (Å²) in [5, 5.41) is 0. The van der Waals surface area contributed by atoms with E-state index in [0.29, 0.717) is 18.9 Å². The van der Waals surface area contributed by atoms with Gasteiger partial charge in [0.05, 0.1) is 11.4 Å². The molecule has 2 aromatic carbocycles. The normalized spacial score (nSPS) is 23.1. The van der Waals surface area contributed by atoms with Crippen molar-refractivity contribution in [2.75, 3.05) is 13.6 Å². The minimum Gasteiger partial charge on any atom is -0.336 e. The molecule has 2 saturated heterocycles. The molecule has 2 heterocycles.